The molecule has 2 aromatic carbocycles. The second-order valence-electron chi connectivity index (χ2n) is 6.05. The zero-order valence-electron chi connectivity index (χ0n) is 15.4. The lowest BCUT2D eigenvalue weighted by molar-refractivity contribution is -0.118. The number of ether oxygens (including phenoxy) is 3. The molecule has 0 saturated carbocycles. The third kappa shape index (κ3) is 4.49. The number of rotatable bonds is 7. The highest BCUT2D eigenvalue weighted by Crippen LogP contribution is 2.34. The average Bonchev–Trinajstić information content (AvgIpc) is 3.12. The molecule has 27 heavy (non-hydrogen) atoms. The van der Waals surface area contributed by atoms with Crippen molar-refractivity contribution in [2.45, 2.75) is 12.8 Å². The summed E-state index contributed by atoms with van der Waals surface area (Å²) < 4.78 is 16.0. The molecule has 2 amide bonds. The highest BCUT2D eigenvalue weighted by Gasteiger charge is 2.24. The Morgan fingerprint density at radius 2 is 1.93 bits per heavy atom. The monoisotopic (exact) mass is 370 g/mol. The Morgan fingerprint density at radius 3 is 2.63 bits per heavy atom. The Morgan fingerprint density at radius 1 is 1.11 bits per heavy atom. The molecule has 1 N–H and O–H groups in total. The van der Waals surface area contributed by atoms with Gasteiger partial charge in [0.25, 0.3) is 5.91 Å². The van der Waals surface area contributed by atoms with Crippen LogP contribution in [0.2, 0.25) is 0 Å². The molecule has 0 unspecified atom stereocenters. The predicted molar refractivity (Wildman–Crippen MR) is 102 cm³/mol. The standard InChI is InChI=1S/C20H22N2O5/c1-25-15-5-3-6-16(12-15)27-13-19(23)21-14-8-9-18(26-2)17(11-14)22-10-4-7-20(22)24/h3,5-6,8-9,11-12H,4,7,10,13H2,1-2H3,(H,21,23). The predicted octanol–water partition coefficient (Wildman–Crippen LogP) is 2.85. The van der Waals surface area contributed by atoms with Crippen LogP contribution in [-0.2, 0) is 9.59 Å². The summed E-state index contributed by atoms with van der Waals surface area (Å²) in [4.78, 5) is 25.9. The Bertz CT molecular complexity index is 837. The van der Waals surface area contributed by atoms with E-state index in [0.29, 0.717) is 41.6 Å². The van der Waals surface area contributed by atoms with Crippen molar-refractivity contribution in [1.82, 2.24) is 0 Å². The maximum absolute atomic E-state index is 12.2. The van der Waals surface area contributed by atoms with E-state index >= 15 is 0 Å². The molecule has 0 spiro atoms. The first-order chi connectivity index (χ1) is 13.1. The highest BCUT2D eigenvalue weighted by molar-refractivity contribution is 5.98. The number of benzene rings is 2. The van der Waals surface area contributed by atoms with Crippen LogP contribution in [0.5, 0.6) is 17.2 Å². The average molecular weight is 370 g/mol. The highest BCUT2D eigenvalue weighted by atomic mass is 16.5. The van der Waals surface area contributed by atoms with Crippen LogP contribution in [0, 0.1) is 0 Å². The van der Waals surface area contributed by atoms with E-state index in [2.05, 4.69) is 5.32 Å². The van der Waals surface area contributed by atoms with Gasteiger partial charge in [-0.3, -0.25) is 9.59 Å². The lowest BCUT2D eigenvalue weighted by Crippen LogP contribution is -2.25. The van der Waals surface area contributed by atoms with Gasteiger partial charge in [0.15, 0.2) is 6.61 Å². The summed E-state index contributed by atoms with van der Waals surface area (Å²) in [7, 11) is 3.12. The summed E-state index contributed by atoms with van der Waals surface area (Å²) in [5.41, 5.74) is 1.23. The third-order valence-corrected chi connectivity index (χ3v) is 4.24. The van der Waals surface area contributed by atoms with Crippen LogP contribution in [0.15, 0.2) is 42.5 Å². The molecule has 0 bridgehead atoms. The first kappa shape index (κ1) is 18.6. The number of carbonyl (C=O) groups excluding carboxylic acids is 2. The molecule has 3 rings (SSSR count). The van der Waals surface area contributed by atoms with Crippen LogP contribution < -0.4 is 24.4 Å². The van der Waals surface area contributed by atoms with Crippen LogP contribution in [0.3, 0.4) is 0 Å². The van der Waals surface area contributed by atoms with E-state index in [0.717, 1.165) is 6.42 Å². The largest absolute Gasteiger partial charge is 0.497 e. The molecule has 142 valence electrons. The number of anilines is 2. The Kier molecular flexibility index (Phi) is 5.80. The van der Waals surface area contributed by atoms with Gasteiger partial charge in [0.2, 0.25) is 5.91 Å². The lowest BCUT2D eigenvalue weighted by Gasteiger charge is -2.20. The molecule has 0 radical (unpaired) electrons. The van der Waals surface area contributed by atoms with Crippen molar-refractivity contribution in [3.05, 3.63) is 42.5 Å². The number of methoxy groups -OCH3 is 2. The maximum atomic E-state index is 12.2. The van der Waals surface area contributed by atoms with E-state index in [-0.39, 0.29) is 18.4 Å². The summed E-state index contributed by atoms with van der Waals surface area (Å²) in [6.45, 7) is 0.503. The van der Waals surface area contributed by atoms with Gasteiger partial charge < -0.3 is 24.4 Å². The molecule has 1 aliphatic rings. The topological polar surface area (TPSA) is 77.1 Å². The van der Waals surface area contributed by atoms with Gasteiger partial charge in [0.1, 0.15) is 17.2 Å². The minimum Gasteiger partial charge on any atom is -0.497 e. The summed E-state index contributed by atoms with van der Waals surface area (Å²) in [6.07, 6.45) is 1.33. The molecule has 0 aromatic heterocycles. The lowest BCUT2D eigenvalue weighted by atomic mass is 10.2. The number of hydrogen-bond acceptors (Lipinski definition) is 5. The zero-order valence-corrected chi connectivity index (χ0v) is 15.4. The Balaban J connectivity index is 1.66. The summed E-state index contributed by atoms with van der Waals surface area (Å²) in [5.74, 6) is 1.54. The van der Waals surface area contributed by atoms with Gasteiger partial charge in [0, 0.05) is 24.7 Å². The van der Waals surface area contributed by atoms with Crippen molar-refractivity contribution < 1.29 is 23.8 Å². The molecule has 0 atom stereocenters. The van der Waals surface area contributed by atoms with E-state index < -0.39 is 0 Å². The normalized spacial score (nSPS) is 13.4. The summed E-state index contributed by atoms with van der Waals surface area (Å²) >= 11 is 0. The van der Waals surface area contributed by atoms with Gasteiger partial charge in [-0.25, -0.2) is 0 Å². The molecule has 1 fully saturated rings. The number of hydrogen-bond donors (Lipinski definition) is 1. The van der Waals surface area contributed by atoms with E-state index in [4.69, 9.17) is 14.2 Å². The molecule has 1 aliphatic heterocycles. The van der Waals surface area contributed by atoms with Crippen LogP contribution in [-0.4, -0.2) is 39.2 Å². The smallest absolute Gasteiger partial charge is 0.262 e. The molecular formula is C20H22N2O5. The molecule has 2 aromatic rings. The molecule has 7 heteroatoms. The van der Waals surface area contributed by atoms with Crippen LogP contribution in [0.4, 0.5) is 11.4 Å². The van der Waals surface area contributed by atoms with E-state index in [1.807, 2.05) is 0 Å². The van der Waals surface area contributed by atoms with Crippen molar-refractivity contribution >= 4 is 23.2 Å². The van der Waals surface area contributed by atoms with Crippen molar-refractivity contribution in [3.8, 4) is 17.2 Å². The van der Waals surface area contributed by atoms with Crippen LogP contribution in [0.25, 0.3) is 0 Å². The molecule has 1 heterocycles. The number of carbonyl (C=O) groups is 2. The first-order valence-electron chi connectivity index (χ1n) is 8.66. The van der Waals surface area contributed by atoms with Crippen LogP contribution in [0.1, 0.15) is 12.8 Å². The molecule has 0 aliphatic carbocycles. The zero-order chi connectivity index (χ0) is 19.2. The SMILES string of the molecule is COc1cccc(OCC(=O)Nc2ccc(OC)c(N3CCCC3=O)c2)c1. The van der Waals surface area contributed by atoms with E-state index in [9.17, 15) is 9.59 Å². The van der Waals surface area contributed by atoms with Crippen molar-refractivity contribution in [2.24, 2.45) is 0 Å². The third-order valence-electron chi connectivity index (χ3n) is 4.24. The second-order valence-corrected chi connectivity index (χ2v) is 6.05. The quantitative estimate of drug-likeness (QED) is 0.811. The first-order valence-corrected chi connectivity index (χ1v) is 8.66. The number of amides is 2. The fourth-order valence-electron chi connectivity index (χ4n) is 2.92. The van der Waals surface area contributed by atoms with Gasteiger partial charge in [0.05, 0.1) is 19.9 Å². The van der Waals surface area contributed by atoms with Crippen molar-refractivity contribution in [2.75, 3.05) is 37.6 Å². The van der Waals surface area contributed by atoms with Gasteiger partial charge in [-0.2, -0.15) is 0 Å². The van der Waals surface area contributed by atoms with Gasteiger partial charge in [-0.15, -0.1) is 0 Å². The maximum Gasteiger partial charge on any atom is 0.262 e. The summed E-state index contributed by atoms with van der Waals surface area (Å²) in [6, 6.07) is 12.2. The van der Waals surface area contributed by atoms with Crippen molar-refractivity contribution in [1.29, 1.82) is 0 Å². The Hall–Kier alpha value is -3.22. The minimum absolute atomic E-state index is 0.0538. The molecular weight excluding hydrogens is 348 g/mol. The fraction of sp³-hybridized carbons (Fsp3) is 0.300. The van der Waals surface area contributed by atoms with Gasteiger partial charge in [-0.05, 0) is 36.8 Å². The second kappa shape index (κ2) is 8.44. The minimum atomic E-state index is -0.304. The fourth-order valence-corrected chi connectivity index (χ4v) is 2.92. The van der Waals surface area contributed by atoms with Gasteiger partial charge >= 0.3 is 0 Å². The molecule has 1 saturated heterocycles. The van der Waals surface area contributed by atoms with Crippen molar-refractivity contribution in [3.63, 3.8) is 0 Å². The van der Waals surface area contributed by atoms with E-state index in [1.54, 1.807) is 61.6 Å². The molecule has 7 nitrogen and oxygen atoms in total. The summed E-state index contributed by atoms with van der Waals surface area (Å²) in [5, 5.41) is 2.78. The van der Waals surface area contributed by atoms with E-state index in [1.165, 1.54) is 0 Å². The van der Waals surface area contributed by atoms with Crippen LogP contribution >= 0.6 is 0 Å². The number of nitrogens with one attached hydrogen (secondary N) is 1. The number of nitrogens with zero attached hydrogens (tertiary/aromatic N) is 1. The van der Waals surface area contributed by atoms with Gasteiger partial charge in [-0.1, -0.05) is 6.07 Å². The Labute approximate surface area is 157 Å².